The molecule has 0 spiro atoms. The molecule has 0 radical (unpaired) electrons. The number of aryl methyl sites for hydroxylation is 2. The van der Waals surface area contributed by atoms with E-state index in [0.29, 0.717) is 5.52 Å². The second kappa shape index (κ2) is 7.83. The summed E-state index contributed by atoms with van der Waals surface area (Å²) in [4.78, 5) is 12.1. The Balaban J connectivity index is 1.59. The van der Waals surface area contributed by atoms with Gasteiger partial charge in [-0.3, -0.25) is 4.57 Å². The molecule has 1 aliphatic heterocycles. The van der Waals surface area contributed by atoms with Crippen molar-refractivity contribution in [1.82, 2.24) is 13.4 Å². The van der Waals surface area contributed by atoms with E-state index >= 15 is 0 Å². The maximum atomic E-state index is 14.3. The van der Waals surface area contributed by atoms with Crippen LogP contribution in [0.5, 0.6) is 0 Å². The highest BCUT2D eigenvalue weighted by molar-refractivity contribution is 7.89. The number of rotatable bonds is 3. The van der Waals surface area contributed by atoms with Crippen molar-refractivity contribution >= 4 is 21.1 Å². The maximum absolute atomic E-state index is 14.3. The van der Waals surface area contributed by atoms with E-state index in [1.807, 2.05) is 73.8 Å². The van der Waals surface area contributed by atoms with Gasteiger partial charge in [-0.05, 0) is 48.4 Å². The van der Waals surface area contributed by atoms with Gasteiger partial charge in [-0.15, -0.1) is 0 Å². The fraction of sp³-hybridized carbons (Fsp3) is 0.148. The number of benzene rings is 3. The molecular formula is C27H23N3O4S. The molecule has 0 fully saturated rings. The highest BCUT2D eigenvalue weighted by Crippen LogP contribution is 2.40. The lowest BCUT2D eigenvalue weighted by molar-refractivity contribution is 0.353. The molecule has 0 saturated heterocycles. The molecule has 1 atom stereocenters. The van der Waals surface area contributed by atoms with Crippen molar-refractivity contribution in [2.45, 2.75) is 24.4 Å². The molecule has 0 unspecified atom stereocenters. The number of hydrogen-bond donors (Lipinski definition) is 0. The Morgan fingerprint density at radius 1 is 0.943 bits per heavy atom. The minimum atomic E-state index is -4.00. The van der Waals surface area contributed by atoms with Crippen LogP contribution in [0.4, 0.5) is 0 Å². The van der Waals surface area contributed by atoms with Crippen LogP contribution in [0, 0.1) is 6.92 Å². The van der Waals surface area contributed by atoms with E-state index in [9.17, 15) is 13.2 Å². The van der Waals surface area contributed by atoms with Crippen LogP contribution in [-0.4, -0.2) is 21.9 Å². The second-order valence-electron chi connectivity index (χ2n) is 8.85. The largest absolute Gasteiger partial charge is 0.419 e. The zero-order chi connectivity index (χ0) is 24.3. The first kappa shape index (κ1) is 21.6. The van der Waals surface area contributed by atoms with Crippen LogP contribution in [0.15, 0.2) is 99.2 Å². The Hall–Kier alpha value is -3.88. The SMILES string of the molecule is Cc1ccc([C@@H]2c3cccn3-c3ccccc3CN2S(=O)(=O)c2ccc3c(c2)oc(=O)n3C)cc1. The van der Waals surface area contributed by atoms with Gasteiger partial charge in [-0.2, -0.15) is 4.31 Å². The second-order valence-corrected chi connectivity index (χ2v) is 10.7. The molecule has 0 N–H and O–H groups in total. The Labute approximate surface area is 202 Å². The monoisotopic (exact) mass is 485 g/mol. The number of sulfonamides is 1. The van der Waals surface area contributed by atoms with Gasteiger partial charge >= 0.3 is 5.76 Å². The standard InChI is InChI=1S/C27H23N3O4S/c1-18-9-11-19(12-10-18)26-24-8-5-15-29(24)22-7-4-3-6-20(22)17-30(26)35(32,33)21-13-14-23-25(16-21)34-27(31)28(23)2/h3-16,26H,17H2,1-2H3/t26-/m1/s1. The Kier molecular flexibility index (Phi) is 4.84. The number of nitrogens with zero attached hydrogens (tertiary/aromatic N) is 3. The summed E-state index contributed by atoms with van der Waals surface area (Å²) in [5.41, 5.74) is 5.46. The smallest absolute Gasteiger partial charge is 0.408 e. The maximum Gasteiger partial charge on any atom is 0.419 e. The molecule has 0 saturated carbocycles. The first-order chi connectivity index (χ1) is 16.8. The summed E-state index contributed by atoms with van der Waals surface area (Å²) in [6.07, 6.45) is 1.97. The fourth-order valence-electron chi connectivity index (χ4n) is 4.84. The molecule has 176 valence electrons. The lowest BCUT2D eigenvalue weighted by Gasteiger charge is -2.30. The summed E-state index contributed by atoms with van der Waals surface area (Å²) < 4.78 is 38.8. The van der Waals surface area contributed by atoms with Gasteiger partial charge < -0.3 is 8.98 Å². The topological polar surface area (TPSA) is 77.5 Å². The lowest BCUT2D eigenvalue weighted by atomic mass is 10.0. The summed E-state index contributed by atoms with van der Waals surface area (Å²) in [6, 6.07) is 23.7. The molecule has 6 rings (SSSR count). The van der Waals surface area contributed by atoms with E-state index in [0.717, 1.165) is 28.1 Å². The average Bonchev–Trinajstić information content (AvgIpc) is 3.40. The van der Waals surface area contributed by atoms with Crippen molar-refractivity contribution in [3.05, 3.63) is 118 Å². The van der Waals surface area contributed by atoms with Gasteiger partial charge in [-0.1, -0.05) is 48.0 Å². The average molecular weight is 486 g/mol. The molecule has 7 nitrogen and oxygen atoms in total. The molecule has 2 aromatic heterocycles. The lowest BCUT2D eigenvalue weighted by Crippen LogP contribution is -2.34. The summed E-state index contributed by atoms with van der Waals surface area (Å²) in [7, 11) is -2.41. The molecule has 5 aromatic rings. The molecular weight excluding hydrogens is 462 g/mol. The number of para-hydroxylation sites is 1. The molecule has 0 bridgehead atoms. The minimum Gasteiger partial charge on any atom is -0.408 e. The Morgan fingerprint density at radius 3 is 2.51 bits per heavy atom. The Morgan fingerprint density at radius 2 is 1.71 bits per heavy atom. The molecule has 3 heterocycles. The zero-order valence-electron chi connectivity index (χ0n) is 19.3. The molecule has 1 aliphatic rings. The normalized spacial score (nSPS) is 16.1. The third-order valence-electron chi connectivity index (χ3n) is 6.69. The number of oxazole rings is 1. The molecule has 0 amide bonds. The van der Waals surface area contributed by atoms with Crippen molar-refractivity contribution in [1.29, 1.82) is 0 Å². The summed E-state index contributed by atoms with van der Waals surface area (Å²) in [6.45, 7) is 2.20. The molecule has 3 aromatic carbocycles. The third-order valence-corrected chi connectivity index (χ3v) is 8.50. The predicted octanol–water partition coefficient (Wildman–Crippen LogP) is 4.52. The molecule has 8 heteroatoms. The van der Waals surface area contributed by atoms with Gasteiger partial charge in [0.1, 0.15) is 0 Å². The minimum absolute atomic E-state index is 0.0777. The van der Waals surface area contributed by atoms with Crippen LogP contribution in [0.1, 0.15) is 28.4 Å². The van der Waals surface area contributed by atoms with E-state index in [-0.39, 0.29) is 17.0 Å². The highest BCUT2D eigenvalue weighted by Gasteiger charge is 2.38. The number of hydrogen-bond acceptors (Lipinski definition) is 4. The van der Waals surface area contributed by atoms with E-state index in [1.54, 1.807) is 13.1 Å². The van der Waals surface area contributed by atoms with Gasteiger partial charge in [0.2, 0.25) is 10.0 Å². The molecule has 0 aliphatic carbocycles. The van der Waals surface area contributed by atoms with Crippen molar-refractivity contribution in [3.8, 4) is 5.69 Å². The van der Waals surface area contributed by atoms with Crippen LogP contribution >= 0.6 is 0 Å². The highest BCUT2D eigenvalue weighted by atomic mass is 32.2. The van der Waals surface area contributed by atoms with Gasteiger partial charge in [0.15, 0.2) is 5.58 Å². The van der Waals surface area contributed by atoms with Crippen LogP contribution in [0.25, 0.3) is 16.8 Å². The van der Waals surface area contributed by atoms with Gasteiger partial charge in [0.25, 0.3) is 0 Å². The predicted molar refractivity (Wildman–Crippen MR) is 133 cm³/mol. The van der Waals surface area contributed by atoms with Crippen LogP contribution in [0.3, 0.4) is 0 Å². The number of aromatic nitrogens is 2. The van der Waals surface area contributed by atoms with Crippen molar-refractivity contribution < 1.29 is 12.8 Å². The van der Waals surface area contributed by atoms with Crippen molar-refractivity contribution in [3.63, 3.8) is 0 Å². The third kappa shape index (κ3) is 3.37. The van der Waals surface area contributed by atoms with Crippen molar-refractivity contribution in [2.24, 2.45) is 7.05 Å². The first-order valence-corrected chi connectivity index (χ1v) is 12.7. The van der Waals surface area contributed by atoms with Crippen LogP contribution in [-0.2, 0) is 23.6 Å². The summed E-state index contributed by atoms with van der Waals surface area (Å²) in [5.74, 6) is -0.534. The van der Waals surface area contributed by atoms with Gasteiger partial charge in [0.05, 0.1) is 16.5 Å². The van der Waals surface area contributed by atoms with Crippen LogP contribution in [0.2, 0.25) is 0 Å². The van der Waals surface area contributed by atoms with Gasteiger partial charge in [0, 0.05) is 37.2 Å². The van der Waals surface area contributed by atoms with Crippen LogP contribution < -0.4 is 5.76 Å². The van der Waals surface area contributed by atoms with Gasteiger partial charge in [-0.25, -0.2) is 13.2 Å². The van der Waals surface area contributed by atoms with E-state index < -0.39 is 21.8 Å². The summed E-state index contributed by atoms with van der Waals surface area (Å²) >= 11 is 0. The van der Waals surface area contributed by atoms with E-state index in [4.69, 9.17) is 4.42 Å². The zero-order valence-corrected chi connectivity index (χ0v) is 20.1. The Bertz CT molecular complexity index is 1740. The molecule has 35 heavy (non-hydrogen) atoms. The van der Waals surface area contributed by atoms with E-state index in [1.165, 1.54) is 21.0 Å². The fourth-order valence-corrected chi connectivity index (χ4v) is 6.43. The van der Waals surface area contributed by atoms with E-state index in [2.05, 4.69) is 4.57 Å². The van der Waals surface area contributed by atoms with Crippen molar-refractivity contribution in [2.75, 3.05) is 0 Å². The first-order valence-electron chi connectivity index (χ1n) is 11.3. The quantitative estimate of drug-likeness (QED) is 0.376. The number of fused-ring (bicyclic) bond motifs is 4. The summed E-state index contributed by atoms with van der Waals surface area (Å²) in [5, 5.41) is 0.